The smallest absolute Gasteiger partial charge is 0.213 e. The zero-order valence-corrected chi connectivity index (χ0v) is 9.19. The Bertz CT molecular complexity index is 298. The Labute approximate surface area is 89.2 Å². The van der Waals surface area contributed by atoms with Crippen molar-refractivity contribution in [3.05, 3.63) is 12.2 Å². The summed E-state index contributed by atoms with van der Waals surface area (Å²) >= 11 is 0. The van der Waals surface area contributed by atoms with Crippen LogP contribution in [0.3, 0.4) is 0 Å². The van der Waals surface area contributed by atoms with Gasteiger partial charge in [0.05, 0.1) is 18.2 Å². The predicted molar refractivity (Wildman–Crippen MR) is 54.2 cm³/mol. The van der Waals surface area contributed by atoms with E-state index in [0.717, 1.165) is 19.4 Å². The second kappa shape index (κ2) is 4.28. The first-order chi connectivity index (χ1) is 7.16. The van der Waals surface area contributed by atoms with Crippen LogP contribution in [-0.2, 0) is 11.3 Å². The average molecular weight is 211 g/mol. The first-order valence-electron chi connectivity index (χ1n) is 5.29. The van der Waals surface area contributed by atoms with E-state index in [1.807, 2.05) is 0 Å². The van der Waals surface area contributed by atoms with Gasteiger partial charge in [-0.15, -0.1) is 0 Å². The summed E-state index contributed by atoms with van der Waals surface area (Å²) in [7, 11) is 0. The molecule has 1 aliphatic heterocycles. The molecule has 0 bridgehead atoms. The quantitative estimate of drug-likeness (QED) is 0.808. The van der Waals surface area contributed by atoms with Crippen LogP contribution in [0.1, 0.15) is 32.5 Å². The van der Waals surface area contributed by atoms with Crippen molar-refractivity contribution < 1.29 is 9.26 Å². The number of rotatable bonds is 4. The molecule has 1 unspecified atom stereocenters. The van der Waals surface area contributed by atoms with Gasteiger partial charge < -0.3 is 14.6 Å². The minimum atomic E-state index is 0.0402. The first-order valence-corrected chi connectivity index (χ1v) is 5.29. The monoisotopic (exact) mass is 211 g/mol. The Balaban J connectivity index is 1.67. The third kappa shape index (κ3) is 3.00. The lowest BCUT2D eigenvalue weighted by atomic mass is 10.1. The minimum Gasteiger partial charge on any atom is -0.371 e. The Kier molecular flexibility index (Phi) is 3.02. The van der Waals surface area contributed by atoms with Gasteiger partial charge in [0.15, 0.2) is 5.82 Å². The molecule has 0 spiro atoms. The third-order valence-electron chi connectivity index (χ3n) is 2.62. The van der Waals surface area contributed by atoms with E-state index in [0.29, 0.717) is 18.5 Å². The van der Waals surface area contributed by atoms with Crippen LogP contribution in [0.5, 0.6) is 0 Å². The van der Waals surface area contributed by atoms with Gasteiger partial charge in [0.25, 0.3) is 0 Å². The second-order valence-corrected chi connectivity index (χ2v) is 4.52. The highest BCUT2D eigenvalue weighted by atomic mass is 16.5. The van der Waals surface area contributed by atoms with Gasteiger partial charge in [-0.25, -0.2) is 0 Å². The van der Waals surface area contributed by atoms with E-state index in [-0.39, 0.29) is 5.60 Å². The molecular weight excluding hydrogens is 194 g/mol. The van der Waals surface area contributed by atoms with Crippen molar-refractivity contribution in [1.29, 1.82) is 0 Å². The fraction of sp³-hybridized carbons (Fsp3) is 0.800. The molecular formula is C10H17N3O2. The lowest BCUT2D eigenvalue weighted by Gasteiger charge is -2.19. The van der Waals surface area contributed by atoms with Gasteiger partial charge in [-0.2, -0.15) is 4.98 Å². The molecule has 1 aromatic heterocycles. The molecule has 0 aliphatic carbocycles. The van der Waals surface area contributed by atoms with Crippen molar-refractivity contribution in [3.8, 4) is 0 Å². The zero-order chi connectivity index (χ0) is 10.7. The van der Waals surface area contributed by atoms with Crippen LogP contribution >= 0.6 is 0 Å². The lowest BCUT2D eigenvalue weighted by molar-refractivity contribution is -0.0143. The molecule has 1 aromatic rings. The van der Waals surface area contributed by atoms with Crippen molar-refractivity contribution in [3.63, 3.8) is 0 Å². The number of aromatic nitrogens is 2. The minimum absolute atomic E-state index is 0.0402. The molecule has 1 N–H and O–H groups in total. The highest BCUT2D eigenvalue weighted by Gasteiger charge is 2.31. The molecule has 5 nitrogen and oxygen atoms in total. The van der Waals surface area contributed by atoms with Gasteiger partial charge in [-0.05, 0) is 26.7 Å². The van der Waals surface area contributed by atoms with Crippen molar-refractivity contribution in [1.82, 2.24) is 15.5 Å². The van der Waals surface area contributed by atoms with Crippen LogP contribution < -0.4 is 5.32 Å². The van der Waals surface area contributed by atoms with Crippen LogP contribution in [0.4, 0.5) is 0 Å². The third-order valence-corrected chi connectivity index (χ3v) is 2.62. The van der Waals surface area contributed by atoms with Crippen LogP contribution in [0.25, 0.3) is 0 Å². The summed E-state index contributed by atoms with van der Waals surface area (Å²) in [5, 5.41) is 6.98. The molecule has 0 amide bonds. The molecule has 0 saturated carbocycles. The maximum Gasteiger partial charge on any atom is 0.213 e. The molecule has 1 fully saturated rings. The van der Waals surface area contributed by atoms with Gasteiger partial charge in [-0.1, -0.05) is 5.16 Å². The van der Waals surface area contributed by atoms with Gasteiger partial charge >= 0.3 is 0 Å². The van der Waals surface area contributed by atoms with Crippen LogP contribution in [0.2, 0.25) is 0 Å². The molecule has 5 heteroatoms. The van der Waals surface area contributed by atoms with E-state index in [9.17, 15) is 0 Å². The average Bonchev–Trinajstić information content (AvgIpc) is 2.76. The summed E-state index contributed by atoms with van der Waals surface area (Å²) in [5.41, 5.74) is 0.0402. The van der Waals surface area contributed by atoms with E-state index >= 15 is 0 Å². The van der Waals surface area contributed by atoms with Gasteiger partial charge in [-0.3, -0.25) is 0 Å². The Morgan fingerprint density at radius 3 is 3.07 bits per heavy atom. The standard InChI is InChI=1S/C10H17N3O2/c1-10(2)4-3-8(15-10)5-11-6-9-12-7-14-13-9/h7-8,11H,3-6H2,1-2H3. The number of ether oxygens (including phenoxy) is 1. The van der Waals surface area contributed by atoms with E-state index in [4.69, 9.17) is 4.74 Å². The highest BCUT2D eigenvalue weighted by molar-refractivity contribution is 4.83. The summed E-state index contributed by atoms with van der Waals surface area (Å²) in [6, 6.07) is 0. The normalized spacial score (nSPS) is 24.5. The van der Waals surface area contributed by atoms with Crippen LogP contribution in [-0.4, -0.2) is 28.4 Å². The van der Waals surface area contributed by atoms with Gasteiger partial charge in [0.2, 0.25) is 6.39 Å². The molecule has 15 heavy (non-hydrogen) atoms. The fourth-order valence-corrected chi connectivity index (χ4v) is 1.84. The fourth-order valence-electron chi connectivity index (χ4n) is 1.84. The van der Waals surface area contributed by atoms with Crippen LogP contribution in [0.15, 0.2) is 10.9 Å². The van der Waals surface area contributed by atoms with Crippen molar-refractivity contribution >= 4 is 0 Å². The zero-order valence-electron chi connectivity index (χ0n) is 9.19. The number of nitrogens with zero attached hydrogens (tertiary/aromatic N) is 2. The van der Waals surface area contributed by atoms with Crippen molar-refractivity contribution in [2.45, 2.75) is 44.9 Å². The van der Waals surface area contributed by atoms with Crippen molar-refractivity contribution in [2.75, 3.05) is 6.54 Å². The summed E-state index contributed by atoms with van der Waals surface area (Å²) < 4.78 is 10.5. The highest BCUT2D eigenvalue weighted by Crippen LogP contribution is 2.28. The largest absolute Gasteiger partial charge is 0.371 e. The lowest BCUT2D eigenvalue weighted by Crippen LogP contribution is -2.29. The molecule has 2 rings (SSSR count). The number of hydrogen-bond donors (Lipinski definition) is 1. The summed E-state index contributed by atoms with van der Waals surface area (Å²) in [4.78, 5) is 3.93. The second-order valence-electron chi connectivity index (χ2n) is 4.52. The molecule has 1 aliphatic rings. The number of hydrogen-bond acceptors (Lipinski definition) is 5. The summed E-state index contributed by atoms with van der Waals surface area (Å²) in [5.74, 6) is 0.687. The van der Waals surface area contributed by atoms with E-state index in [1.165, 1.54) is 6.39 Å². The Morgan fingerprint density at radius 1 is 1.60 bits per heavy atom. The molecule has 0 radical (unpaired) electrons. The first kappa shape index (κ1) is 10.6. The SMILES string of the molecule is CC1(C)CCC(CNCc2ncon2)O1. The van der Waals surface area contributed by atoms with Crippen molar-refractivity contribution in [2.24, 2.45) is 0 Å². The molecule has 0 aromatic carbocycles. The Hall–Kier alpha value is -0.940. The number of nitrogens with one attached hydrogen (secondary N) is 1. The van der Waals surface area contributed by atoms with Gasteiger partial charge in [0, 0.05) is 6.54 Å². The topological polar surface area (TPSA) is 60.2 Å². The van der Waals surface area contributed by atoms with E-state index in [1.54, 1.807) is 0 Å². The molecule has 2 heterocycles. The molecule has 1 saturated heterocycles. The maximum atomic E-state index is 5.84. The Morgan fingerprint density at radius 2 is 2.47 bits per heavy atom. The predicted octanol–water partition coefficient (Wildman–Crippen LogP) is 1.12. The summed E-state index contributed by atoms with van der Waals surface area (Å²) in [6.45, 7) is 5.74. The van der Waals surface area contributed by atoms with E-state index in [2.05, 4.69) is 33.8 Å². The van der Waals surface area contributed by atoms with E-state index < -0.39 is 0 Å². The van der Waals surface area contributed by atoms with Gasteiger partial charge in [0.1, 0.15) is 0 Å². The maximum absolute atomic E-state index is 5.84. The molecule has 84 valence electrons. The summed E-state index contributed by atoms with van der Waals surface area (Å²) in [6.07, 6.45) is 3.90. The molecule has 1 atom stereocenters. The van der Waals surface area contributed by atoms with Crippen LogP contribution in [0, 0.1) is 0 Å².